The van der Waals surface area contributed by atoms with Crippen LogP contribution in [0.4, 0.5) is 5.82 Å². The minimum absolute atomic E-state index is 0.0814. The smallest absolute Gasteiger partial charge is 0.251 e. The number of aromatic nitrogens is 3. The van der Waals surface area contributed by atoms with Crippen molar-refractivity contribution in [2.45, 2.75) is 19.3 Å². The van der Waals surface area contributed by atoms with E-state index >= 15 is 0 Å². The van der Waals surface area contributed by atoms with Crippen LogP contribution in [0, 0.1) is 0 Å². The number of amides is 1. The molecule has 0 saturated carbocycles. The van der Waals surface area contributed by atoms with Crippen LogP contribution in [0.15, 0.2) is 73.1 Å². The van der Waals surface area contributed by atoms with E-state index in [4.69, 9.17) is 5.73 Å². The molecule has 0 aliphatic carbocycles. The second-order valence-corrected chi connectivity index (χ2v) is 7.10. The molecule has 0 bridgehead atoms. The normalized spacial score (nSPS) is 12.0. The van der Waals surface area contributed by atoms with Gasteiger partial charge in [0.05, 0.1) is 5.69 Å². The Bertz CT molecular complexity index is 1140. The minimum atomic E-state index is -0.0814. The molecule has 29 heavy (non-hydrogen) atoms. The molecular weight excluding hydrogens is 362 g/mol. The molecule has 0 fully saturated rings. The summed E-state index contributed by atoms with van der Waals surface area (Å²) in [5, 5.41) is 7.30. The molecule has 1 atom stereocenters. The topological polar surface area (TPSA) is 85.3 Å². The van der Waals surface area contributed by atoms with E-state index in [1.165, 1.54) is 11.9 Å². The van der Waals surface area contributed by atoms with Crippen molar-refractivity contribution >= 4 is 17.2 Å². The van der Waals surface area contributed by atoms with Crippen LogP contribution < -0.4 is 11.1 Å². The largest absolute Gasteiger partial charge is 0.382 e. The maximum atomic E-state index is 12.6. The van der Waals surface area contributed by atoms with E-state index in [-0.39, 0.29) is 5.91 Å². The van der Waals surface area contributed by atoms with Gasteiger partial charge in [-0.25, -0.2) is 9.50 Å². The van der Waals surface area contributed by atoms with Gasteiger partial charge in [0.25, 0.3) is 5.91 Å². The predicted octanol–water partition coefficient (Wildman–Crippen LogP) is 3.90. The first-order valence-corrected chi connectivity index (χ1v) is 9.65. The Kier molecular flexibility index (Phi) is 5.24. The molecule has 6 heteroatoms. The summed E-state index contributed by atoms with van der Waals surface area (Å²) in [7, 11) is 0. The lowest BCUT2D eigenvalue weighted by Crippen LogP contribution is -2.25. The van der Waals surface area contributed by atoms with E-state index in [1.807, 2.05) is 54.6 Å². The third kappa shape index (κ3) is 3.96. The van der Waals surface area contributed by atoms with E-state index in [0.29, 0.717) is 23.8 Å². The van der Waals surface area contributed by atoms with Crippen molar-refractivity contribution in [1.82, 2.24) is 19.9 Å². The van der Waals surface area contributed by atoms with Crippen LogP contribution in [0.5, 0.6) is 0 Å². The van der Waals surface area contributed by atoms with Crippen molar-refractivity contribution in [3.05, 3.63) is 84.2 Å². The van der Waals surface area contributed by atoms with Gasteiger partial charge in [-0.1, -0.05) is 49.4 Å². The Hall–Kier alpha value is -3.67. The van der Waals surface area contributed by atoms with E-state index < -0.39 is 0 Å². The van der Waals surface area contributed by atoms with Gasteiger partial charge in [-0.05, 0) is 42.2 Å². The molecule has 0 aliphatic heterocycles. The molecule has 0 saturated heterocycles. The van der Waals surface area contributed by atoms with Crippen LogP contribution in [-0.4, -0.2) is 27.0 Å². The number of nitrogens with zero attached hydrogens (tertiary/aromatic N) is 3. The predicted molar refractivity (Wildman–Crippen MR) is 115 cm³/mol. The second-order valence-electron chi connectivity index (χ2n) is 7.10. The van der Waals surface area contributed by atoms with Crippen molar-refractivity contribution in [1.29, 1.82) is 0 Å². The van der Waals surface area contributed by atoms with Gasteiger partial charge < -0.3 is 11.1 Å². The Balaban J connectivity index is 1.45. The highest BCUT2D eigenvalue weighted by Crippen LogP contribution is 2.24. The van der Waals surface area contributed by atoms with Gasteiger partial charge in [-0.15, -0.1) is 0 Å². The second kappa shape index (κ2) is 8.14. The number of carbonyl (C=O) groups is 1. The first-order valence-electron chi connectivity index (χ1n) is 9.65. The number of fused-ring (bicyclic) bond motifs is 1. The summed E-state index contributed by atoms with van der Waals surface area (Å²) < 4.78 is 1.74. The van der Waals surface area contributed by atoms with E-state index in [2.05, 4.69) is 34.5 Å². The quantitative estimate of drug-likeness (QED) is 0.527. The molecule has 4 rings (SSSR count). The number of rotatable bonds is 6. The molecule has 4 aromatic rings. The monoisotopic (exact) mass is 385 g/mol. The van der Waals surface area contributed by atoms with Crippen LogP contribution >= 0.6 is 0 Å². The number of hydrogen-bond donors (Lipinski definition) is 2. The van der Waals surface area contributed by atoms with Gasteiger partial charge in [0.15, 0.2) is 5.82 Å². The molecule has 6 nitrogen and oxygen atoms in total. The first-order chi connectivity index (χ1) is 14.1. The van der Waals surface area contributed by atoms with Gasteiger partial charge in [0, 0.05) is 17.7 Å². The van der Waals surface area contributed by atoms with Gasteiger partial charge in [-0.3, -0.25) is 4.79 Å². The fourth-order valence-corrected chi connectivity index (χ4v) is 3.44. The minimum Gasteiger partial charge on any atom is -0.382 e. The van der Waals surface area contributed by atoms with Gasteiger partial charge in [-0.2, -0.15) is 5.10 Å². The molecule has 2 aromatic carbocycles. The number of anilines is 1. The van der Waals surface area contributed by atoms with Crippen molar-refractivity contribution in [2.75, 3.05) is 12.3 Å². The van der Waals surface area contributed by atoms with E-state index in [1.54, 1.807) is 4.52 Å². The molecule has 1 amide bonds. The summed E-state index contributed by atoms with van der Waals surface area (Å²) in [6.45, 7) is 2.80. The number of nitrogens with two attached hydrogens (primary N) is 1. The standard InChI is InChI=1S/C23H23N5O/c1-16(17-6-3-2-4-7-17)12-13-25-23(29)19-9-5-8-18(14-19)20-10-11-21-22(24)26-15-27-28(20)21/h2-11,14-16H,12-13H2,1H3,(H,25,29)(H2,24,26,27). The van der Waals surface area contributed by atoms with Crippen LogP contribution in [0.2, 0.25) is 0 Å². The maximum absolute atomic E-state index is 12.6. The summed E-state index contributed by atoms with van der Waals surface area (Å²) in [5.74, 6) is 0.731. The number of hydrogen-bond acceptors (Lipinski definition) is 4. The third-order valence-corrected chi connectivity index (χ3v) is 5.13. The van der Waals surface area contributed by atoms with E-state index in [9.17, 15) is 4.79 Å². The molecule has 0 spiro atoms. The molecule has 146 valence electrons. The summed E-state index contributed by atoms with van der Waals surface area (Å²) >= 11 is 0. The van der Waals surface area contributed by atoms with Crippen molar-refractivity contribution in [2.24, 2.45) is 0 Å². The summed E-state index contributed by atoms with van der Waals surface area (Å²) in [6, 6.07) is 21.7. The highest BCUT2D eigenvalue weighted by atomic mass is 16.1. The highest BCUT2D eigenvalue weighted by Gasteiger charge is 2.12. The van der Waals surface area contributed by atoms with E-state index in [0.717, 1.165) is 23.2 Å². The Morgan fingerprint density at radius 1 is 1.10 bits per heavy atom. The van der Waals surface area contributed by atoms with Gasteiger partial charge >= 0.3 is 0 Å². The number of nitrogens with one attached hydrogen (secondary N) is 1. The average molecular weight is 385 g/mol. The Labute approximate surface area is 169 Å². The first kappa shape index (κ1) is 18.7. The maximum Gasteiger partial charge on any atom is 0.251 e. The van der Waals surface area contributed by atoms with Crippen molar-refractivity contribution in [3.63, 3.8) is 0 Å². The summed E-state index contributed by atoms with van der Waals surface area (Å²) in [5.41, 5.74) is 10.3. The Morgan fingerprint density at radius 3 is 2.76 bits per heavy atom. The molecular formula is C23H23N5O. The molecule has 0 aliphatic rings. The summed E-state index contributed by atoms with van der Waals surface area (Å²) in [4.78, 5) is 16.7. The molecule has 2 aromatic heterocycles. The number of nitrogen functional groups attached to an aromatic ring is 1. The Morgan fingerprint density at radius 2 is 1.93 bits per heavy atom. The van der Waals surface area contributed by atoms with Crippen LogP contribution in [-0.2, 0) is 0 Å². The van der Waals surface area contributed by atoms with Crippen LogP contribution in [0.1, 0.15) is 35.2 Å². The molecule has 3 N–H and O–H groups in total. The SMILES string of the molecule is CC(CCNC(=O)c1cccc(-c2ccc3c(N)ncnn23)c1)c1ccccc1. The lowest BCUT2D eigenvalue weighted by atomic mass is 9.98. The fourth-order valence-electron chi connectivity index (χ4n) is 3.44. The van der Waals surface area contributed by atoms with Crippen LogP contribution in [0.3, 0.4) is 0 Å². The van der Waals surface area contributed by atoms with Crippen LogP contribution in [0.25, 0.3) is 16.8 Å². The van der Waals surface area contributed by atoms with Gasteiger partial charge in [0.2, 0.25) is 0 Å². The third-order valence-electron chi connectivity index (χ3n) is 5.13. The summed E-state index contributed by atoms with van der Waals surface area (Å²) in [6.07, 6.45) is 2.31. The molecule has 1 unspecified atom stereocenters. The average Bonchev–Trinajstić information content (AvgIpc) is 3.20. The lowest BCUT2D eigenvalue weighted by molar-refractivity contribution is 0.0952. The van der Waals surface area contributed by atoms with Crippen molar-refractivity contribution in [3.8, 4) is 11.3 Å². The zero-order chi connectivity index (χ0) is 20.2. The number of benzene rings is 2. The highest BCUT2D eigenvalue weighted by molar-refractivity contribution is 5.95. The fraction of sp³-hybridized carbons (Fsp3) is 0.174. The molecule has 2 heterocycles. The van der Waals surface area contributed by atoms with Gasteiger partial charge in [0.1, 0.15) is 11.8 Å². The van der Waals surface area contributed by atoms with Crippen molar-refractivity contribution < 1.29 is 4.79 Å². The molecule has 0 radical (unpaired) electrons. The zero-order valence-electron chi connectivity index (χ0n) is 16.2. The lowest BCUT2D eigenvalue weighted by Gasteiger charge is -2.12. The number of carbonyl (C=O) groups excluding carboxylic acids is 1. The zero-order valence-corrected chi connectivity index (χ0v) is 16.2.